The quantitative estimate of drug-likeness (QED) is 0.694. The SMILES string of the molecule is CCC[C@H]1[C@@H](CC)C[C@H](CC)[C@H]2CCCN21. The van der Waals surface area contributed by atoms with Crippen LogP contribution < -0.4 is 0 Å². The fourth-order valence-electron chi connectivity index (χ4n) is 4.28. The highest BCUT2D eigenvalue weighted by Crippen LogP contribution is 2.42. The second kappa shape index (κ2) is 5.53. The number of nitrogens with zero attached hydrogens (tertiary/aromatic N) is 1. The summed E-state index contributed by atoms with van der Waals surface area (Å²) in [6.07, 6.45) is 10.0. The number of fused-ring (bicyclic) bond motifs is 1. The Balaban J connectivity index is 2.11. The summed E-state index contributed by atoms with van der Waals surface area (Å²) in [7, 11) is 0. The lowest BCUT2D eigenvalue weighted by atomic mass is 9.75. The van der Waals surface area contributed by atoms with E-state index in [4.69, 9.17) is 0 Å². The van der Waals surface area contributed by atoms with Gasteiger partial charge in [0.1, 0.15) is 0 Å². The fourth-order valence-corrected chi connectivity index (χ4v) is 4.28. The zero-order valence-electron chi connectivity index (χ0n) is 11.4. The topological polar surface area (TPSA) is 3.24 Å². The van der Waals surface area contributed by atoms with Crippen molar-refractivity contribution in [3.05, 3.63) is 0 Å². The maximum Gasteiger partial charge on any atom is 0.0127 e. The average Bonchev–Trinajstić information content (AvgIpc) is 2.78. The summed E-state index contributed by atoms with van der Waals surface area (Å²) in [5, 5.41) is 0. The monoisotopic (exact) mass is 223 g/mol. The van der Waals surface area contributed by atoms with E-state index < -0.39 is 0 Å². The Morgan fingerprint density at radius 1 is 1.06 bits per heavy atom. The molecule has 2 heterocycles. The third kappa shape index (κ3) is 2.16. The van der Waals surface area contributed by atoms with Gasteiger partial charge in [0, 0.05) is 12.1 Å². The molecule has 0 aromatic rings. The molecule has 0 aromatic carbocycles. The molecule has 1 heteroatoms. The van der Waals surface area contributed by atoms with E-state index >= 15 is 0 Å². The fraction of sp³-hybridized carbons (Fsp3) is 1.00. The molecule has 0 saturated carbocycles. The minimum absolute atomic E-state index is 0.922. The molecule has 0 radical (unpaired) electrons. The van der Waals surface area contributed by atoms with Crippen molar-refractivity contribution in [1.82, 2.24) is 4.90 Å². The van der Waals surface area contributed by atoms with Crippen molar-refractivity contribution < 1.29 is 0 Å². The van der Waals surface area contributed by atoms with E-state index in [1.54, 1.807) is 0 Å². The standard InChI is InChI=1S/C15H29N/c1-4-8-14-12(5-2)11-13(6-3)15-9-7-10-16(14)15/h12-15H,4-11H2,1-3H3/t12-,13-,14-,15+/m0/s1. The Bertz CT molecular complexity index is 213. The molecule has 0 amide bonds. The maximum atomic E-state index is 2.90. The number of hydrogen-bond donors (Lipinski definition) is 0. The van der Waals surface area contributed by atoms with Crippen LogP contribution in [0.5, 0.6) is 0 Å². The van der Waals surface area contributed by atoms with Crippen LogP contribution in [-0.2, 0) is 0 Å². The lowest BCUT2D eigenvalue weighted by molar-refractivity contribution is 0.0188. The van der Waals surface area contributed by atoms with Gasteiger partial charge in [0.2, 0.25) is 0 Å². The largest absolute Gasteiger partial charge is 0.297 e. The summed E-state index contributed by atoms with van der Waals surface area (Å²) in [5.74, 6) is 1.99. The van der Waals surface area contributed by atoms with Crippen molar-refractivity contribution in [3.8, 4) is 0 Å². The van der Waals surface area contributed by atoms with Gasteiger partial charge in [0.25, 0.3) is 0 Å². The van der Waals surface area contributed by atoms with Gasteiger partial charge in [-0.1, -0.05) is 40.0 Å². The minimum Gasteiger partial charge on any atom is -0.297 e. The van der Waals surface area contributed by atoms with Crippen LogP contribution in [0, 0.1) is 11.8 Å². The number of rotatable bonds is 4. The van der Waals surface area contributed by atoms with Gasteiger partial charge in [-0.15, -0.1) is 0 Å². The van der Waals surface area contributed by atoms with E-state index in [2.05, 4.69) is 25.7 Å². The third-order valence-corrected chi connectivity index (χ3v) is 5.10. The van der Waals surface area contributed by atoms with Crippen molar-refractivity contribution in [2.24, 2.45) is 11.8 Å². The first-order valence-corrected chi connectivity index (χ1v) is 7.57. The third-order valence-electron chi connectivity index (χ3n) is 5.10. The molecule has 2 saturated heterocycles. The highest BCUT2D eigenvalue weighted by molar-refractivity contribution is 4.96. The predicted octanol–water partition coefficient (Wildman–Crippen LogP) is 4.08. The van der Waals surface area contributed by atoms with Crippen molar-refractivity contribution in [2.75, 3.05) is 6.54 Å². The molecule has 0 N–H and O–H groups in total. The summed E-state index contributed by atoms with van der Waals surface area (Å²) >= 11 is 0. The van der Waals surface area contributed by atoms with Crippen LogP contribution in [-0.4, -0.2) is 23.5 Å². The minimum atomic E-state index is 0.922. The molecule has 2 rings (SSSR count). The van der Waals surface area contributed by atoms with Crippen LogP contribution in [0.3, 0.4) is 0 Å². The Labute approximate surface area is 102 Å². The Hall–Kier alpha value is -0.0400. The smallest absolute Gasteiger partial charge is 0.0127 e. The first kappa shape index (κ1) is 12.4. The molecule has 0 spiro atoms. The lowest BCUT2D eigenvalue weighted by Gasteiger charge is -2.47. The maximum absolute atomic E-state index is 2.90. The van der Waals surface area contributed by atoms with Crippen molar-refractivity contribution in [2.45, 2.75) is 77.8 Å². The number of piperidine rings is 1. The second-order valence-corrected chi connectivity index (χ2v) is 5.88. The molecule has 0 aliphatic carbocycles. The molecule has 94 valence electrons. The van der Waals surface area contributed by atoms with Gasteiger partial charge >= 0.3 is 0 Å². The van der Waals surface area contributed by atoms with Gasteiger partial charge < -0.3 is 0 Å². The molecule has 0 unspecified atom stereocenters. The van der Waals surface area contributed by atoms with E-state index in [9.17, 15) is 0 Å². The molecule has 16 heavy (non-hydrogen) atoms. The molecule has 1 nitrogen and oxygen atoms in total. The highest BCUT2D eigenvalue weighted by Gasteiger charge is 2.42. The van der Waals surface area contributed by atoms with E-state index in [1.165, 1.54) is 51.5 Å². The molecule has 0 bridgehead atoms. The summed E-state index contributed by atoms with van der Waals surface area (Å²) in [5.41, 5.74) is 0. The molecule has 0 aromatic heterocycles. The van der Waals surface area contributed by atoms with Crippen molar-refractivity contribution in [1.29, 1.82) is 0 Å². The molecule has 2 aliphatic rings. The van der Waals surface area contributed by atoms with Gasteiger partial charge in [0.15, 0.2) is 0 Å². The first-order valence-electron chi connectivity index (χ1n) is 7.57. The van der Waals surface area contributed by atoms with Gasteiger partial charge in [-0.3, -0.25) is 4.90 Å². The Kier molecular flexibility index (Phi) is 4.29. The van der Waals surface area contributed by atoms with Crippen molar-refractivity contribution >= 4 is 0 Å². The van der Waals surface area contributed by atoms with E-state index in [0.29, 0.717) is 0 Å². The highest BCUT2D eigenvalue weighted by atomic mass is 15.2. The first-order chi connectivity index (χ1) is 7.81. The van der Waals surface area contributed by atoms with E-state index in [0.717, 1.165) is 23.9 Å². The van der Waals surface area contributed by atoms with Crippen LogP contribution in [0.2, 0.25) is 0 Å². The Morgan fingerprint density at radius 3 is 2.44 bits per heavy atom. The van der Waals surface area contributed by atoms with Crippen LogP contribution in [0.1, 0.15) is 65.7 Å². The molecular formula is C15H29N. The summed E-state index contributed by atoms with van der Waals surface area (Å²) < 4.78 is 0. The Morgan fingerprint density at radius 2 is 1.81 bits per heavy atom. The number of hydrogen-bond acceptors (Lipinski definition) is 1. The van der Waals surface area contributed by atoms with Gasteiger partial charge in [-0.05, 0) is 44.1 Å². The van der Waals surface area contributed by atoms with Gasteiger partial charge in [-0.25, -0.2) is 0 Å². The second-order valence-electron chi connectivity index (χ2n) is 5.88. The van der Waals surface area contributed by atoms with Crippen LogP contribution in [0.15, 0.2) is 0 Å². The van der Waals surface area contributed by atoms with Crippen LogP contribution in [0.25, 0.3) is 0 Å². The normalized spacial score (nSPS) is 39.9. The average molecular weight is 223 g/mol. The predicted molar refractivity (Wildman–Crippen MR) is 70.6 cm³/mol. The molecule has 2 aliphatic heterocycles. The van der Waals surface area contributed by atoms with Gasteiger partial charge in [-0.2, -0.15) is 0 Å². The summed E-state index contributed by atoms with van der Waals surface area (Å²) in [6, 6.07) is 1.87. The molecule has 4 atom stereocenters. The van der Waals surface area contributed by atoms with E-state index in [-0.39, 0.29) is 0 Å². The van der Waals surface area contributed by atoms with E-state index in [1.807, 2.05) is 0 Å². The van der Waals surface area contributed by atoms with Gasteiger partial charge in [0.05, 0.1) is 0 Å². The van der Waals surface area contributed by atoms with Crippen LogP contribution >= 0.6 is 0 Å². The summed E-state index contributed by atoms with van der Waals surface area (Å²) in [6.45, 7) is 8.54. The zero-order valence-corrected chi connectivity index (χ0v) is 11.4. The van der Waals surface area contributed by atoms with Crippen molar-refractivity contribution in [3.63, 3.8) is 0 Å². The van der Waals surface area contributed by atoms with Crippen LogP contribution in [0.4, 0.5) is 0 Å². The molecule has 2 fully saturated rings. The molecular weight excluding hydrogens is 194 g/mol. The zero-order chi connectivity index (χ0) is 11.5. The lowest BCUT2D eigenvalue weighted by Crippen LogP contribution is -2.51. The summed E-state index contributed by atoms with van der Waals surface area (Å²) in [4.78, 5) is 2.90.